The molecule has 0 fully saturated rings. The second-order valence-corrected chi connectivity index (χ2v) is 10.5. The van der Waals surface area contributed by atoms with Crippen LogP contribution >= 0.6 is 0 Å². The monoisotopic (exact) mass is 545 g/mol. The molecule has 4 aromatic carbocycles. The van der Waals surface area contributed by atoms with E-state index in [1.54, 1.807) is 57.6 Å². The molecule has 0 spiro atoms. The van der Waals surface area contributed by atoms with Crippen molar-refractivity contribution in [2.75, 3.05) is 5.32 Å². The fourth-order valence-electron chi connectivity index (χ4n) is 4.28. The van der Waals surface area contributed by atoms with Crippen LogP contribution in [0.25, 0.3) is 16.8 Å². The second-order valence-electron chi connectivity index (χ2n) is 10.5. The Morgan fingerprint density at radius 1 is 0.829 bits per heavy atom. The van der Waals surface area contributed by atoms with E-state index in [1.165, 1.54) is 0 Å². The molecule has 0 bridgehead atoms. The van der Waals surface area contributed by atoms with E-state index in [0.717, 1.165) is 22.4 Å². The Kier molecular flexibility index (Phi) is 7.97. The average molecular weight is 546 g/mol. The molecule has 7 heteroatoms. The van der Waals surface area contributed by atoms with E-state index < -0.39 is 17.5 Å². The number of ether oxygens (including phenoxy) is 2. The molecule has 1 heterocycles. The van der Waals surface area contributed by atoms with Crippen LogP contribution in [-0.2, 0) is 11.3 Å². The molecule has 7 nitrogen and oxygen atoms in total. The third kappa shape index (κ3) is 6.89. The van der Waals surface area contributed by atoms with Crippen LogP contribution in [0.3, 0.4) is 0 Å². The van der Waals surface area contributed by atoms with Gasteiger partial charge < -0.3 is 19.4 Å². The fraction of sp³-hybridized carbons (Fsp3) is 0.147. The van der Waals surface area contributed by atoms with Gasteiger partial charge in [-0.15, -0.1) is 0 Å². The van der Waals surface area contributed by atoms with Crippen LogP contribution in [0.1, 0.15) is 47.1 Å². The Morgan fingerprint density at radius 3 is 2.22 bits per heavy atom. The van der Waals surface area contributed by atoms with Crippen molar-refractivity contribution in [1.82, 2.24) is 9.55 Å². The first-order valence-corrected chi connectivity index (χ1v) is 13.3. The van der Waals surface area contributed by atoms with Gasteiger partial charge in [0.15, 0.2) is 0 Å². The van der Waals surface area contributed by atoms with Crippen molar-refractivity contribution in [3.05, 3.63) is 132 Å². The molecule has 0 radical (unpaired) electrons. The van der Waals surface area contributed by atoms with Crippen molar-refractivity contribution in [3.63, 3.8) is 0 Å². The van der Waals surface area contributed by atoms with Crippen molar-refractivity contribution < 1.29 is 19.1 Å². The van der Waals surface area contributed by atoms with Gasteiger partial charge in [-0.1, -0.05) is 66.7 Å². The summed E-state index contributed by atoms with van der Waals surface area (Å²) >= 11 is 0. The molecule has 0 aliphatic carbocycles. The number of amides is 1. The van der Waals surface area contributed by atoms with Gasteiger partial charge in [0.2, 0.25) is 0 Å². The molecule has 1 N–H and O–H groups in total. The van der Waals surface area contributed by atoms with Gasteiger partial charge in [-0.25, -0.2) is 9.78 Å². The highest BCUT2D eigenvalue weighted by molar-refractivity contribution is 6.10. The summed E-state index contributed by atoms with van der Waals surface area (Å²) in [6.45, 7) is 5.69. The molecule has 0 saturated heterocycles. The van der Waals surface area contributed by atoms with E-state index in [4.69, 9.17) is 9.47 Å². The van der Waals surface area contributed by atoms with E-state index in [-0.39, 0.29) is 12.2 Å². The Bertz CT molecular complexity index is 1640. The first-order chi connectivity index (χ1) is 19.8. The zero-order valence-corrected chi connectivity index (χ0v) is 23.2. The maximum absolute atomic E-state index is 13.8. The van der Waals surface area contributed by atoms with Gasteiger partial charge in [-0.3, -0.25) is 4.79 Å². The standard InChI is InChI=1S/C34H31N3O4/c1-34(2,3)41-33(39)28-16-14-26(25-12-8-5-9-13-25)20-30(28)36-32(38)29-17-15-27(37-19-18-35-23-37)21-31(29)40-22-24-10-6-4-7-11-24/h4-21,23H,22H2,1-3H3,(H,36,38). The van der Waals surface area contributed by atoms with Gasteiger partial charge in [0.05, 0.1) is 28.8 Å². The zero-order chi connectivity index (χ0) is 28.8. The highest BCUT2D eigenvalue weighted by Crippen LogP contribution is 2.30. The number of rotatable bonds is 8. The van der Waals surface area contributed by atoms with Gasteiger partial charge in [-0.2, -0.15) is 0 Å². The zero-order valence-electron chi connectivity index (χ0n) is 23.2. The average Bonchev–Trinajstić information content (AvgIpc) is 3.51. The van der Waals surface area contributed by atoms with Gasteiger partial charge in [0, 0.05) is 18.5 Å². The molecular formula is C34H31N3O4. The summed E-state index contributed by atoms with van der Waals surface area (Å²) in [4.78, 5) is 31.1. The minimum absolute atomic E-state index is 0.259. The summed E-state index contributed by atoms with van der Waals surface area (Å²) in [5, 5.41) is 2.96. The summed E-state index contributed by atoms with van der Waals surface area (Å²) in [7, 11) is 0. The number of nitrogens with one attached hydrogen (secondary N) is 1. The quantitative estimate of drug-likeness (QED) is 0.207. The molecule has 206 valence electrons. The first-order valence-electron chi connectivity index (χ1n) is 13.3. The number of hydrogen-bond donors (Lipinski definition) is 1. The fourth-order valence-corrected chi connectivity index (χ4v) is 4.28. The van der Waals surface area contributed by atoms with Gasteiger partial charge in [-0.05, 0) is 61.7 Å². The lowest BCUT2D eigenvalue weighted by Crippen LogP contribution is -2.25. The van der Waals surface area contributed by atoms with E-state index in [0.29, 0.717) is 17.0 Å². The number of imidazole rings is 1. The number of aromatic nitrogens is 2. The largest absolute Gasteiger partial charge is 0.488 e. The molecule has 5 aromatic rings. The molecule has 1 aromatic heterocycles. The SMILES string of the molecule is CC(C)(C)OC(=O)c1ccc(-c2ccccc2)cc1NC(=O)c1ccc(-n2ccnc2)cc1OCc1ccccc1. The summed E-state index contributed by atoms with van der Waals surface area (Å²) in [6.07, 6.45) is 5.18. The maximum Gasteiger partial charge on any atom is 0.340 e. The second kappa shape index (κ2) is 11.9. The molecule has 0 atom stereocenters. The Balaban J connectivity index is 1.50. The van der Waals surface area contributed by atoms with Gasteiger partial charge in [0.1, 0.15) is 18.0 Å². The number of carbonyl (C=O) groups is 2. The summed E-state index contributed by atoms with van der Waals surface area (Å²) in [5.74, 6) is -0.542. The van der Waals surface area contributed by atoms with Crippen LogP contribution < -0.4 is 10.1 Å². The third-order valence-corrected chi connectivity index (χ3v) is 6.24. The number of hydrogen-bond acceptors (Lipinski definition) is 5. The Hall–Kier alpha value is -5.17. The first kappa shape index (κ1) is 27.4. The summed E-state index contributed by atoms with van der Waals surface area (Å²) in [5.41, 5.74) is 3.80. The van der Waals surface area contributed by atoms with Crippen molar-refractivity contribution >= 4 is 17.6 Å². The van der Waals surface area contributed by atoms with E-state index in [9.17, 15) is 9.59 Å². The van der Waals surface area contributed by atoms with Crippen molar-refractivity contribution in [2.24, 2.45) is 0 Å². The Labute approximate surface area is 239 Å². The minimum atomic E-state index is -0.696. The van der Waals surface area contributed by atoms with Crippen molar-refractivity contribution in [3.8, 4) is 22.6 Å². The summed E-state index contributed by atoms with van der Waals surface area (Å²) in [6, 6.07) is 30.1. The van der Waals surface area contributed by atoms with E-state index in [1.807, 2.05) is 83.6 Å². The molecule has 41 heavy (non-hydrogen) atoms. The van der Waals surface area contributed by atoms with E-state index >= 15 is 0 Å². The molecule has 0 saturated carbocycles. The topological polar surface area (TPSA) is 82.5 Å². The number of benzene rings is 4. The number of esters is 1. The molecule has 0 aliphatic rings. The molecular weight excluding hydrogens is 514 g/mol. The highest BCUT2D eigenvalue weighted by Gasteiger charge is 2.23. The molecule has 1 amide bonds. The van der Waals surface area contributed by atoms with Crippen LogP contribution in [0.15, 0.2) is 116 Å². The van der Waals surface area contributed by atoms with Crippen LogP contribution in [0.4, 0.5) is 5.69 Å². The predicted octanol–water partition coefficient (Wildman–Crippen LogP) is 7.33. The number of carbonyl (C=O) groups excluding carboxylic acids is 2. The molecule has 0 unspecified atom stereocenters. The third-order valence-electron chi connectivity index (χ3n) is 6.24. The highest BCUT2D eigenvalue weighted by atomic mass is 16.6. The van der Waals surface area contributed by atoms with Crippen LogP contribution in [0.5, 0.6) is 5.75 Å². The summed E-state index contributed by atoms with van der Waals surface area (Å²) < 4.78 is 13.6. The van der Waals surface area contributed by atoms with Gasteiger partial charge in [0.25, 0.3) is 5.91 Å². The van der Waals surface area contributed by atoms with Crippen molar-refractivity contribution in [1.29, 1.82) is 0 Å². The lowest BCUT2D eigenvalue weighted by Gasteiger charge is -2.21. The van der Waals surface area contributed by atoms with Crippen molar-refractivity contribution in [2.45, 2.75) is 33.0 Å². The number of anilines is 1. The smallest absolute Gasteiger partial charge is 0.340 e. The van der Waals surface area contributed by atoms with Crippen LogP contribution in [0, 0.1) is 0 Å². The minimum Gasteiger partial charge on any atom is -0.488 e. The van der Waals surface area contributed by atoms with Crippen LogP contribution in [-0.4, -0.2) is 27.0 Å². The molecule has 0 aliphatic heterocycles. The van der Waals surface area contributed by atoms with Gasteiger partial charge >= 0.3 is 5.97 Å². The lowest BCUT2D eigenvalue weighted by atomic mass is 10.0. The van der Waals surface area contributed by atoms with Crippen LogP contribution in [0.2, 0.25) is 0 Å². The van der Waals surface area contributed by atoms with E-state index in [2.05, 4.69) is 10.3 Å². The molecule has 5 rings (SSSR count). The lowest BCUT2D eigenvalue weighted by molar-refractivity contribution is 0.00707. The number of nitrogens with zero attached hydrogens (tertiary/aromatic N) is 2. The maximum atomic E-state index is 13.8. The predicted molar refractivity (Wildman–Crippen MR) is 159 cm³/mol. The normalized spacial score (nSPS) is 11.1. The Morgan fingerprint density at radius 2 is 1.54 bits per heavy atom.